The fourth-order valence-corrected chi connectivity index (χ4v) is 2.64. The minimum Gasteiger partial charge on any atom is -0.334 e. The summed E-state index contributed by atoms with van der Waals surface area (Å²) >= 11 is 0. The highest BCUT2D eigenvalue weighted by atomic mass is 15.1. The molecule has 88 valence electrons. The van der Waals surface area contributed by atoms with Crippen LogP contribution in [0, 0.1) is 6.92 Å². The summed E-state index contributed by atoms with van der Waals surface area (Å²) < 4.78 is 2.33. The number of imidazole rings is 1. The van der Waals surface area contributed by atoms with Gasteiger partial charge in [0.25, 0.3) is 0 Å². The Kier molecular flexibility index (Phi) is 2.50. The van der Waals surface area contributed by atoms with Crippen LogP contribution in [0.2, 0.25) is 0 Å². The minimum absolute atomic E-state index is 0.599. The van der Waals surface area contributed by atoms with E-state index in [1.165, 1.54) is 29.8 Å². The van der Waals surface area contributed by atoms with Crippen LogP contribution in [0.15, 0.2) is 30.5 Å². The van der Waals surface area contributed by atoms with Gasteiger partial charge < -0.3 is 4.57 Å². The maximum absolute atomic E-state index is 4.81. The van der Waals surface area contributed by atoms with E-state index in [1.54, 1.807) is 0 Å². The van der Waals surface area contributed by atoms with Gasteiger partial charge in [-0.3, -0.25) is 0 Å². The van der Waals surface area contributed by atoms with E-state index >= 15 is 0 Å². The number of hydrogen-bond acceptors (Lipinski definition) is 1. The van der Waals surface area contributed by atoms with Gasteiger partial charge in [0.2, 0.25) is 0 Å². The van der Waals surface area contributed by atoms with Gasteiger partial charge in [0.15, 0.2) is 0 Å². The molecule has 3 rings (SSSR count). The van der Waals surface area contributed by atoms with E-state index in [9.17, 15) is 0 Å². The van der Waals surface area contributed by atoms with Crippen LogP contribution in [-0.4, -0.2) is 9.55 Å². The Balaban J connectivity index is 2.05. The quantitative estimate of drug-likeness (QED) is 0.724. The van der Waals surface area contributed by atoms with Crippen LogP contribution >= 0.6 is 0 Å². The van der Waals surface area contributed by atoms with Crippen molar-refractivity contribution in [1.29, 1.82) is 0 Å². The first-order valence-corrected chi connectivity index (χ1v) is 6.38. The molecule has 0 N–H and O–H groups in total. The Bertz CT molecular complexity index is 540. The lowest BCUT2D eigenvalue weighted by atomic mass is 10.0. The second-order valence-electron chi connectivity index (χ2n) is 5.09. The third-order valence-corrected chi connectivity index (χ3v) is 3.60. The van der Waals surface area contributed by atoms with Gasteiger partial charge in [0.1, 0.15) is 5.82 Å². The molecule has 0 spiro atoms. The first-order chi connectivity index (χ1) is 8.24. The van der Waals surface area contributed by atoms with Crippen LogP contribution < -0.4 is 0 Å². The van der Waals surface area contributed by atoms with Gasteiger partial charge in [0.05, 0.1) is 5.69 Å². The molecule has 0 radical (unpaired) electrons. The Labute approximate surface area is 102 Å². The number of hydrogen-bond donors (Lipinski definition) is 0. The third kappa shape index (κ3) is 1.88. The second kappa shape index (κ2) is 4.02. The lowest BCUT2D eigenvalue weighted by molar-refractivity contribution is 0.463. The van der Waals surface area contributed by atoms with E-state index in [-0.39, 0.29) is 0 Å². The molecule has 17 heavy (non-hydrogen) atoms. The van der Waals surface area contributed by atoms with Crippen molar-refractivity contribution < 1.29 is 0 Å². The molecule has 0 saturated carbocycles. The van der Waals surface area contributed by atoms with E-state index in [1.807, 2.05) is 0 Å². The summed E-state index contributed by atoms with van der Waals surface area (Å²) in [6.07, 6.45) is 4.75. The molecule has 2 aromatic rings. The Morgan fingerprint density at radius 3 is 3.00 bits per heavy atom. The van der Waals surface area contributed by atoms with Crippen LogP contribution in [0.4, 0.5) is 0 Å². The zero-order valence-electron chi connectivity index (χ0n) is 10.5. The van der Waals surface area contributed by atoms with Crippen LogP contribution in [0.25, 0.3) is 11.3 Å². The molecular formula is C15H18N2. The molecule has 1 atom stereocenters. The van der Waals surface area contributed by atoms with E-state index < -0.39 is 0 Å². The van der Waals surface area contributed by atoms with Crippen molar-refractivity contribution in [2.45, 2.75) is 39.2 Å². The fourth-order valence-electron chi connectivity index (χ4n) is 2.64. The molecule has 0 aliphatic carbocycles. The first-order valence-electron chi connectivity index (χ1n) is 6.38. The smallest absolute Gasteiger partial charge is 0.112 e. The zero-order valence-corrected chi connectivity index (χ0v) is 10.5. The summed E-state index contributed by atoms with van der Waals surface area (Å²) in [6.45, 7) is 5.53. The lowest BCUT2D eigenvalue weighted by Crippen LogP contribution is -2.12. The second-order valence-corrected chi connectivity index (χ2v) is 5.09. The molecule has 2 heteroatoms. The molecule has 1 aromatic heterocycles. The average molecular weight is 226 g/mol. The summed E-state index contributed by atoms with van der Waals surface area (Å²) in [4.78, 5) is 4.81. The van der Waals surface area contributed by atoms with Gasteiger partial charge in [-0.25, -0.2) is 4.98 Å². The van der Waals surface area contributed by atoms with Gasteiger partial charge in [-0.2, -0.15) is 0 Å². The van der Waals surface area contributed by atoms with Gasteiger partial charge in [-0.15, -0.1) is 0 Å². The minimum atomic E-state index is 0.599. The largest absolute Gasteiger partial charge is 0.334 e. The summed E-state index contributed by atoms with van der Waals surface area (Å²) in [5, 5.41) is 0. The lowest BCUT2D eigenvalue weighted by Gasteiger charge is -2.19. The number of fused-ring (bicyclic) bond motifs is 1. The highest BCUT2D eigenvalue weighted by Crippen LogP contribution is 2.29. The van der Waals surface area contributed by atoms with Crippen molar-refractivity contribution in [3.05, 3.63) is 41.9 Å². The summed E-state index contributed by atoms with van der Waals surface area (Å²) in [6, 6.07) is 8.58. The van der Waals surface area contributed by atoms with Crippen LogP contribution in [0.1, 0.15) is 37.1 Å². The Morgan fingerprint density at radius 2 is 2.24 bits per heavy atom. The van der Waals surface area contributed by atoms with Gasteiger partial charge in [-0.05, 0) is 25.8 Å². The predicted octanol–water partition coefficient (Wildman–Crippen LogP) is 3.76. The highest BCUT2D eigenvalue weighted by Gasteiger charge is 2.19. The van der Waals surface area contributed by atoms with Crippen molar-refractivity contribution in [3.63, 3.8) is 0 Å². The molecule has 0 unspecified atom stereocenters. The Hall–Kier alpha value is -1.57. The average Bonchev–Trinajstić information content (AvgIpc) is 2.74. The Morgan fingerprint density at radius 1 is 1.35 bits per heavy atom. The number of aryl methyl sites for hydroxylation is 2. The number of nitrogens with zero attached hydrogens (tertiary/aromatic N) is 2. The highest BCUT2D eigenvalue weighted by molar-refractivity contribution is 5.59. The van der Waals surface area contributed by atoms with E-state index in [0.29, 0.717) is 5.92 Å². The SMILES string of the molecule is Cc1cccc(-c2cn3c(n2)[C@H](C)CCC3)c1. The maximum Gasteiger partial charge on any atom is 0.112 e. The number of benzene rings is 1. The predicted molar refractivity (Wildman–Crippen MR) is 70.0 cm³/mol. The van der Waals surface area contributed by atoms with Crippen molar-refractivity contribution in [2.75, 3.05) is 0 Å². The molecular weight excluding hydrogens is 208 g/mol. The zero-order chi connectivity index (χ0) is 11.8. The molecule has 1 aliphatic rings. The van der Waals surface area contributed by atoms with Crippen molar-refractivity contribution >= 4 is 0 Å². The molecule has 2 nitrogen and oxygen atoms in total. The third-order valence-electron chi connectivity index (χ3n) is 3.60. The van der Waals surface area contributed by atoms with Gasteiger partial charge >= 0.3 is 0 Å². The first kappa shape index (κ1) is 10.6. The standard InChI is InChI=1S/C15H18N2/c1-11-5-3-7-13(9-11)14-10-17-8-4-6-12(2)15(17)16-14/h3,5,7,9-10,12H,4,6,8H2,1-2H3/t12-/m1/s1. The number of aromatic nitrogens is 2. The summed E-state index contributed by atoms with van der Waals surface area (Å²) in [5.41, 5.74) is 3.65. The summed E-state index contributed by atoms with van der Waals surface area (Å²) in [7, 11) is 0. The van der Waals surface area contributed by atoms with Crippen LogP contribution in [-0.2, 0) is 6.54 Å². The molecule has 0 saturated heterocycles. The van der Waals surface area contributed by atoms with E-state index in [0.717, 1.165) is 12.2 Å². The van der Waals surface area contributed by atoms with E-state index in [4.69, 9.17) is 4.98 Å². The topological polar surface area (TPSA) is 17.8 Å². The maximum atomic E-state index is 4.81. The van der Waals surface area contributed by atoms with Crippen molar-refractivity contribution in [2.24, 2.45) is 0 Å². The molecule has 0 bridgehead atoms. The fraction of sp³-hybridized carbons (Fsp3) is 0.400. The van der Waals surface area contributed by atoms with Gasteiger partial charge in [0, 0.05) is 24.2 Å². The number of rotatable bonds is 1. The van der Waals surface area contributed by atoms with E-state index in [2.05, 4.69) is 48.9 Å². The molecule has 2 heterocycles. The normalized spacial score (nSPS) is 19.1. The van der Waals surface area contributed by atoms with Crippen LogP contribution in [0.5, 0.6) is 0 Å². The van der Waals surface area contributed by atoms with Crippen LogP contribution in [0.3, 0.4) is 0 Å². The molecule has 0 amide bonds. The van der Waals surface area contributed by atoms with Gasteiger partial charge in [-0.1, -0.05) is 30.7 Å². The summed E-state index contributed by atoms with van der Waals surface area (Å²) in [5.74, 6) is 1.86. The molecule has 0 fully saturated rings. The molecule has 1 aromatic carbocycles. The van der Waals surface area contributed by atoms with Crippen molar-refractivity contribution in [1.82, 2.24) is 9.55 Å². The molecule has 1 aliphatic heterocycles. The monoisotopic (exact) mass is 226 g/mol. The van der Waals surface area contributed by atoms with Crippen molar-refractivity contribution in [3.8, 4) is 11.3 Å².